The quantitative estimate of drug-likeness (QED) is 0.866. The molecule has 2 heterocycles. The fourth-order valence-electron chi connectivity index (χ4n) is 3.06. The third kappa shape index (κ3) is 3.14. The van der Waals surface area contributed by atoms with Gasteiger partial charge in [-0.3, -0.25) is 9.48 Å². The van der Waals surface area contributed by atoms with Gasteiger partial charge in [-0.15, -0.1) is 0 Å². The molecule has 5 nitrogen and oxygen atoms in total. The molecule has 0 saturated carbocycles. The molecule has 22 heavy (non-hydrogen) atoms. The number of amides is 1. The van der Waals surface area contributed by atoms with Crippen LogP contribution in [-0.4, -0.2) is 58.2 Å². The highest BCUT2D eigenvalue weighted by Gasteiger charge is 2.20. The SMILES string of the molecule is CCN1CCN(C(=O)CCn2ncc3cc(C)ccc32)CC1. The Hall–Kier alpha value is -1.88. The highest BCUT2D eigenvalue weighted by atomic mass is 16.2. The van der Waals surface area contributed by atoms with Crippen LogP contribution < -0.4 is 0 Å². The Morgan fingerprint density at radius 2 is 2.00 bits per heavy atom. The summed E-state index contributed by atoms with van der Waals surface area (Å²) in [7, 11) is 0. The number of carbonyl (C=O) groups excluding carboxylic acids is 1. The molecule has 2 aromatic rings. The molecule has 1 fully saturated rings. The molecule has 1 aliphatic rings. The predicted octanol–water partition coefficient (Wildman–Crippen LogP) is 1.90. The summed E-state index contributed by atoms with van der Waals surface area (Å²) in [5, 5.41) is 5.56. The molecular weight excluding hydrogens is 276 g/mol. The summed E-state index contributed by atoms with van der Waals surface area (Å²) in [4.78, 5) is 16.7. The molecule has 3 rings (SSSR count). The number of rotatable bonds is 4. The Morgan fingerprint density at radius 1 is 1.23 bits per heavy atom. The Bertz CT molecular complexity index is 656. The molecule has 1 saturated heterocycles. The second-order valence-corrected chi connectivity index (χ2v) is 6.00. The maximum absolute atomic E-state index is 12.3. The molecule has 1 amide bonds. The Labute approximate surface area is 131 Å². The second-order valence-electron chi connectivity index (χ2n) is 6.00. The summed E-state index contributed by atoms with van der Waals surface area (Å²) >= 11 is 0. The highest BCUT2D eigenvalue weighted by molar-refractivity contribution is 5.80. The van der Waals surface area contributed by atoms with Gasteiger partial charge in [0.15, 0.2) is 0 Å². The monoisotopic (exact) mass is 300 g/mol. The van der Waals surface area contributed by atoms with E-state index < -0.39 is 0 Å². The van der Waals surface area contributed by atoms with E-state index in [-0.39, 0.29) is 5.91 Å². The molecule has 0 atom stereocenters. The van der Waals surface area contributed by atoms with E-state index in [9.17, 15) is 4.79 Å². The van der Waals surface area contributed by atoms with Gasteiger partial charge in [0.1, 0.15) is 0 Å². The zero-order valence-electron chi connectivity index (χ0n) is 13.5. The topological polar surface area (TPSA) is 41.4 Å². The van der Waals surface area contributed by atoms with Gasteiger partial charge in [-0.25, -0.2) is 0 Å². The van der Waals surface area contributed by atoms with Gasteiger partial charge in [0.2, 0.25) is 5.91 Å². The summed E-state index contributed by atoms with van der Waals surface area (Å²) < 4.78 is 1.94. The molecule has 0 bridgehead atoms. The Balaban J connectivity index is 1.58. The number of carbonyl (C=O) groups is 1. The van der Waals surface area contributed by atoms with Crippen molar-refractivity contribution in [2.45, 2.75) is 26.8 Å². The van der Waals surface area contributed by atoms with Crippen LogP contribution in [0.15, 0.2) is 24.4 Å². The molecule has 1 aliphatic heterocycles. The van der Waals surface area contributed by atoms with Crippen LogP contribution in [0.25, 0.3) is 10.9 Å². The van der Waals surface area contributed by atoms with Gasteiger partial charge >= 0.3 is 0 Å². The lowest BCUT2D eigenvalue weighted by molar-refractivity contribution is -0.133. The molecule has 0 radical (unpaired) electrons. The van der Waals surface area contributed by atoms with E-state index in [1.54, 1.807) is 0 Å². The van der Waals surface area contributed by atoms with E-state index >= 15 is 0 Å². The minimum atomic E-state index is 0.242. The second kappa shape index (κ2) is 6.48. The lowest BCUT2D eigenvalue weighted by Crippen LogP contribution is -2.48. The molecular formula is C17H24N4O. The first-order chi connectivity index (χ1) is 10.7. The molecule has 5 heteroatoms. The van der Waals surface area contributed by atoms with Gasteiger partial charge in [0.25, 0.3) is 0 Å². The number of aryl methyl sites for hydroxylation is 2. The van der Waals surface area contributed by atoms with Crippen LogP contribution in [0.1, 0.15) is 18.9 Å². The average molecular weight is 300 g/mol. The van der Waals surface area contributed by atoms with E-state index in [4.69, 9.17) is 0 Å². The summed E-state index contributed by atoms with van der Waals surface area (Å²) in [6, 6.07) is 6.30. The number of aromatic nitrogens is 2. The average Bonchev–Trinajstić information content (AvgIpc) is 2.94. The van der Waals surface area contributed by atoms with Crippen molar-refractivity contribution in [3.63, 3.8) is 0 Å². The number of fused-ring (bicyclic) bond motifs is 1. The van der Waals surface area contributed by atoms with Crippen LogP contribution in [-0.2, 0) is 11.3 Å². The normalized spacial score (nSPS) is 16.4. The van der Waals surface area contributed by atoms with E-state index in [2.05, 4.69) is 42.0 Å². The third-order valence-electron chi connectivity index (χ3n) is 4.51. The number of hydrogen-bond donors (Lipinski definition) is 0. The lowest BCUT2D eigenvalue weighted by Gasteiger charge is -2.34. The summed E-state index contributed by atoms with van der Waals surface area (Å²) in [5.74, 6) is 0.242. The van der Waals surface area contributed by atoms with Gasteiger partial charge in [-0.05, 0) is 25.6 Å². The fraction of sp³-hybridized carbons (Fsp3) is 0.529. The third-order valence-corrected chi connectivity index (χ3v) is 4.51. The van der Waals surface area contributed by atoms with Gasteiger partial charge in [0.05, 0.1) is 18.3 Å². The van der Waals surface area contributed by atoms with Crippen molar-refractivity contribution in [3.8, 4) is 0 Å². The number of piperazine rings is 1. The standard InChI is InChI=1S/C17H24N4O/c1-3-19-8-10-20(11-9-19)17(22)6-7-21-16-5-4-14(2)12-15(16)13-18-21/h4-5,12-13H,3,6-11H2,1-2H3. The van der Waals surface area contributed by atoms with Crippen LogP contribution in [0.3, 0.4) is 0 Å². The summed E-state index contributed by atoms with van der Waals surface area (Å²) in [6.45, 7) is 9.66. The fourth-order valence-corrected chi connectivity index (χ4v) is 3.06. The predicted molar refractivity (Wildman–Crippen MR) is 87.8 cm³/mol. The highest BCUT2D eigenvalue weighted by Crippen LogP contribution is 2.16. The number of likely N-dealkylation sites (N-methyl/N-ethyl adjacent to an activating group) is 1. The van der Waals surface area contributed by atoms with Crippen LogP contribution in [0.5, 0.6) is 0 Å². The van der Waals surface area contributed by atoms with Crippen molar-refractivity contribution in [1.82, 2.24) is 19.6 Å². The van der Waals surface area contributed by atoms with Gasteiger partial charge < -0.3 is 9.80 Å². The molecule has 0 N–H and O–H groups in total. The zero-order valence-corrected chi connectivity index (χ0v) is 13.5. The molecule has 0 unspecified atom stereocenters. The zero-order chi connectivity index (χ0) is 15.5. The Morgan fingerprint density at radius 3 is 2.73 bits per heavy atom. The minimum Gasteiger partial charge on any atom is -0.340 e. The van der Waals surface area contributed by atoms with Crippen molar-refractivity contribution in [3.05, 3.63) is 30.0 Å². The van der Waals surface area contributed by atoms with Crippen LogP contribution in [0.2, 0.25) is 0 Å². The van der Waals surface area contributed by atoms with Crippen LogP contribution >= 0.6 is 0 Å². The molecule has 1 aromatic heterocycles. The first-order valence-corrected chi connectivity index (χ1v) is 8.09. The van der Waals surface area contributed by atoms with E-state index in [0.717, 1.165) is 43.6 Å². The Kier molecular flexibility index (Phi) is 4.43. The molecule has 0 aliphatic carbocycles. The van der Waals surface area contributed by atoms with Gasteiger partial charge in [-0.2, -0.15) is 5.10 Å². The van der Waals surface area contributed by atoms with Crippen LogP contribution in [0.4, 0.5) is 0 Å². The van der Waals surface area contributed by atoms with Crippen molar-refractivity contribution in [1.29, 1.82) is 0 Å². The lowest BCUT2D eigenvalue weighted by atomic mass is 10.2. The van der Waals surface area contributed by atoms with E-state index in [1.807, 2.05) is 15.8 Å². The van der Waals surface area contributed by atoms with Crippen molar-refractivity contribution in [2.24, 2.45) is 0 Å². The number of benzene rings is 1. The first kappa shape index (κ1) is 15.0. The molecule has 118 valence electrons. The molecule has 0 spiro atoms. The van der Waals surface area contributed by atoms with Crippen molar-refractivity contribution < 1.29 is 4.79 Å². The summed E-state index contributed by atoms with van der Waals surface area (Å²) in [6.07, 6.45) is 2.41. The first-order valence-electron chi connectivity index (χ1n) is 8.09. The van der Waals surface area contributed by atoms with E-state index in [0.29, 0.717) is 13.0 Å². The summed E-state index contributed by atoms with van der Waals surface area (Å²) in [5.41, 5.74) is 2.34. The number of hydrogen-bond acceptors (Lipinski definition) is 3. The maximum Gasteiger partial charge on any atom is 0.224 e. The van der Waals surface area contributed by atoms with Crippen LogP contribution in [0, 0.1) is 6.92 Å². The smallest absolute Gasteiger partial charge is 0.224 e. The van der Waals surface area contributed by atoms with E-state index in [1.165, 1.54) is 5.56 Å². The van der Waals surface area contributed by atoms with Gasteiger partial charge in [0, 0.05) is 38.0 Å². The largest absolute Gasteiger partial charge is 0.340 e. The minimum absolute atomic E-state index is 0.242. The van der Waals surface area contributed by atoms with Gasteiger partial charge in [-0.1, -0.05) is 18.6 Å². The number of nitrogens with zero attached hydrogens (tertiary/aromatic N) is 4. The maximum atomic E-state index is 12.3. The van der Waals surface area contributed by atoms with Crippen molar-refractivity contribution in [2.75, 3.05) is 32.7 Å². The van der Waals surface area contributed by atoms with Crippen molar-refractivity contribution >= 4 is 16.8 Å². The molecule has 1 aromatic carbocycles.